The van der Waals surface area contributed by atoms with E-state index in [0.29, 0.717) is 42.8 Å². The molecule has 0 spiro atoms. The van der Waals surface area contributed by atoms with Gasteiger partial charge in [-0.25, -0.2) is 0 Å². The van der Waals surface area contributed by atoms with Gasteiger partial charge in [-0.2, -0.15) is 9.36 Å². The number of nitrogen functional groups attached to an aromatic ring is 1. The smallest absolute Gasteiger partial charge is 0.255 e. The molecule has 9 heteroatoms. The number of carbonyl (C=O) groups is 1. The summed E-state index contributed by atoms with van der Waals surface area (Å²) in [6, 6.07) is 7.39. The molecular formula is C17H18N6O2S. The van der Waals surface area contributed by atoms with Gasteiger partial charge in [0.15, 0.2) is 0 Å². The molecule has 1 amide bonds. The first-order valence-corrected chi connectivity index (χ1v) is 9.07. The maximum atomic E-state index is 13.1. The Hall–Kier alpha value is -2.94. The first-order chi connectivity index (χ1) is 12.5. The molecule has 0 radical (unpaired) electrons. The van der Waals surface area contributed by atoms with Crippen LogP contribution in [0.2, 0.25) is 0 Å². The molecule has 0 saturated carbocycles. The van der Waals surface area contributed by atoms with Crippen LogP contribution in [0.1, 0.15) is 15.9 Å². The van der Waals surface area contributed by atoms with Crippen molar-refractivity contribution in [3.8, 4) is 0 Å². The van der Waals surface area contributed by atoms with Gasteiger partial charge in [-0.1, -0.05) is 18.2 Å². The average Bonchev–Trinajstić information content (AvgIpc) is 3.09. The second kappa shape index (κ2) is 6.41. The summed E-state index contributed by atoms with van der Waals surface area (Å²) in [6.45, 7) is 4.11. The van der Waals surface area contributed by atoms with Crippen molar-refractivity contribution in [1.82, 2.24) is 19.2 Å². The van der Waals surface area contributed by atoms with Crippen molar-refractivity contribution in [2.75, 3.05) is 36.8 Å². The number of anilines is 2. The summed E-state index contributed by atoms with van der Waals surface area (Å²) in [5.41, 5.74) is 6.97. The minimum Gasteiger partial charge on any atom is -0.367 e. The number of aromatic nitrogens is 3. The van der Waals surface area contributed by atoms with Crippen molar-refractivity contribution in [2.24, 2.45) is 0 Å². The molecule has 1 aliphatic heterocycles. The Kier molecular flexibility index (Phi) is 4.08. The Morgan fingerprint density at radius 1 is 1.23 bits per heavy atom. The van der Waals surface area contributed by atoms with Crippen LogP contribution in [0.15, 0.2) is 29.1 Å². The fraction of sp³-hybridized carbons (Fsp3) is 0.294. The van der Waals surface area contributed by atoms with Crippen LogP contribution >= 0.6 is 11.5 Å². The van der Waals surface area contributed by atoms with E-state index in [4.69, 9.17) is 5.73 Å². The number of amides is 1. The molecular weight excluding hydrogens is 352 g/mol. The molecule has 2 aromatic heterocycles. The van der Waals surface area contributed by atoms with E-state index in [0.717, 1.165) is 10.5 Å². The molecule has 1 aromatic carbocycles. The van der Waals surface area contributed by atoms with Gasteiger partial charge in [0.1, 0.15) is 0 Å². The average molecular weight is 370 g/mol. The molecule has 8 nitrogen and oxygen atoms in total. The van der Waals surface area contributed by atoms with Crippen LogP contribution in [0, 0.1) is 6.92 Å². The number of hydrogen-bond donors (Lipinski definition) is 2. The number of H-pyrrole nitrogens is 1. The molecule has 4 rings (SSSR count). The van der Waals surface area contributed by atoms with E-state index in [1.807, 2.05) is 24.3 Å². The van der Waals surface area contributed by atoms with Gasteiger partial charge >= 0.3 is 0 Å². The van der Waals surface area contributed by atoms with E-state index in [1.165, 1.54) is 11.5 Å². The molecule has 1 saturated heterocycles. The third-order valence-corrected chi connectivity index (χ3v) is 5.43. The number of aromatic amines is 1. The molecule has 3 aromatic rings. The van der Waals surface area contributed by atoms with E-state index >= 15 is 0 Å². The standard InChI is InChI=1S/C17H18N6O2S/c1-10-13(11-4-2-3-5-12(11)19-14(10)24)15(25)22-6-8-23(9-7-22)17-20-16(18)21-26-17/h2-5H,6-9H2,1H3,(H2,18,21)(H,19,24). The quantitative estimate of drug-likeness (QED) is 0.702. The Morgan fingerprint density at radius 3 is 2.65 bits per heavy atom. The second-order valence-corrected chi connectivity index (χ2v) is 6.94. The number of para-hydroxylation sites is 1. The van der Waals surface area contributed by atoms with Crippen LogP contribution in [0.4, 0.5) is 11.1 Å². The molecule has 0 atom stereocenters. The summed E-state index contributed by atoms with van der Waals surface area (Å²) in [6.07, 6.45) is 0. The second-order valence-electron chi connectivity index (χ2n) is 6.21. The predicted molar refractivity (Wildman–Crippen MR) is 102 cm³/mol. The molecule has 0 unspecified atom stereocenters. The first kappa shape index (κ1) is 16.5. The predicted octanol–water partition coefficient (Wildman–Crippen LogP) is 1.23. The Labute approximate surface area is 153 Å². The topological polar surface area (TPSA) is 108 Å². The molecule has 1 fully saturated rings. The summed E-state index contributed by atoms with van der Waals surface area (Å²) in [4.78, 5) is 36.2. The van der Waals surface area contributed by atoms with Crippen molar-refractivity contribution in [1.29, 1.82) is 0 Å². The zero-order chi connectivity index (χ0) is 18.3. The lowest BCUT2D eigenvalue weighted by atomic mass is 10.0. The van der Waals surface area contributed by atoms with E-state index in [9.17, 15) is 9.59 Å². The molecule has 0 bridgehead atoms. The zero-order valence-corrected chi connectivity index (χ0v) is 15.0. The summed E-state index contributed by atoms with van der Waals surface area (Å²) < 4.78 is 4.00. The van der Waals surface area contributed by atoms with Crippen LogP contribution < -0.4 is 16.2 Å². The summed E-state index contributed by atoms with van der Waals surface area (Å²) in [5.74, 6) is 0.162. The van der Waals surface area contributed by atoms with Crippen molar-refractivity contribution >= 4 is 39.4 Å². The number of nitrogens with two attached hydrogens (primary N) is 1. The number of nitrogens with one attached hydrogen (secondary N) is 1. The highest BCUT2D eigenvalue weighted by molar-refractivity contribution is 7.09. The lowest BCUT2D eigenvalue weighted by Crippen LogP contribution is -2.49. The first-order valence-electron chi connectivity index (χ1n) is 8.29. The van der Waals surface area contributed by atoms with Crippen LogP contribution in [-0.4, -0.2) is 51.3 Å². The Balaban J connectivity index is 1.60. The minimum absolute atomic E-state index is 0.110. The van der Waals surface area contributed by atoms with E-state index in [2.05, 4.69) is 19.2 Å². The van der Waals surface area contributed by atoms with Crippen molar-refractivity contribution in [3.63, 3.8) is 0 Å². The summed E-state index contributed by atoms with van der Waals surface area (Å²) in [5, 5.41) is 1.54. The third-order valence-electron chi connectivity index (χ3n) is 4.64. The fourth-order valence-corrected chi connectivity index (χ4v) is 3.88. The van der Waals surface area contributed by atoms with Crippen molar-refractivity contribution in [2.45, 2.75) is 6.92 Å². The van der Waals surface area contributed by atoms with E-state index < -0.39 is 0 Å². The summed E-state index contributed by atoms with van der Waals surface area (Å²) in [7, 11) is 0. The van der Waals surface area contributed by atoms with Gasteiger partial charge in [0, 0.05) is 54.2 Å². The number of fused-ring (bicyclic) bond motifs is 1. The van der Waals surface area contributed by atoms with Gasteiger partial charge in [0.25, 0.3) is 11.5 Å². The monoisotopic (exact) mass is 370 g/mol. The van der Waals surface area contributed by atoms with Crippen molar-refractivity contribution in [3.05, 3.63) is 45.7 Å². The number of pyridine rings is 1. The number of nitrogens with zero attached hydrogens (tertiary/aromatic N) is 4. The lowest BCUT2D eigenvalue weighted by molar-refractivity contribution is 0.0748. The highest BCUT2D eigenvalue weighted by Gasteiger charge is 2.26. The van der Waals surface area contributed by atoms with Crippen LogP contribution in [0.5, 0.6) is 0 Å². The third kappa shape index (κ3) is 2.80. The normalized spacial score (nSPS) is 14.8. The van der Waals surface area contributed by atoms with Gasteiger partial charge < -0.3 is 20.5 Å². The van der Waals surface area contributed by atoms with Gasteiger partial charge in [-0.3, -0.25) is 9.59 Å². The maximum absolute atomic E-state index is 13.1. The van der Waals surface area contributed by atoms with Gasteiger partial charge in [-0.05, 0) is 13.0 Å². The number of hydrogen-bond acceptors (Lipinski definition) is 7. The van der Waals surface area contributed by atoms with Gasteiger partial charge in [0.2, 0.25) is 11.1 Å². The van der Waals surface area contributed by atoms with Crippen molar-refractivity contribution < 1.29 is 4.79 Å². The van der Waals surface area contributed by atoms with Gasteiger partial charge in [-0.15, -0.1) is 0 Å². The number of rotatable bonds is 2. The Bertz CT molecular complexity index is 1040. The lowest BCUT2D eigenvalue weighted by Gasteiger charge is -2.34. The molecule has 3 heterocycles. The zero-order valence-electron chi connectivity index (χ0n) is 14.2. The molecule has 26 heavy (non-hydrogen) atoms. The SMILES string of the molecule is Cc1c(C(=O)N2CCN(c3nc(N)ns3)CC2)c2ccccc2[nH]c1=O. The van der Waals surface area contributed by atoms with E-state index in [-0.39, 0.29) is 17.4 Å². The molecule has 1 aliphatic rings. The summed E-state index contributed by atoms with van der Waals surface area (Å²) >= 11 is 1.26. The maximum Gasteiger partial charge on any atom is 0.255 e. The Morgan fingerprint density at radius 2 is 1.96 bits per heavy atom. The number of piperazine rings is 1. The molecule has 3 N–H and O–H groups in total. The number of benzene rings is 1. The van der Waals surface area contributed by atoms with Crippen LogP contribution in [0.3, 0.4) is 0 Å². The molecule has 0 aliphatic carbocycles. The molecule has 134 valence electrons. The van der Waals surface area contributed by atoms with Crippen LogP contribution in [0.25, 0.3) is 10.9 Å². The number of carbonyl (C=O) groups excluding carboxylic acids is 1. The minimum atomic E-state index is -0.227. The largest absolute Gasteiger partial charge is 0.367 e. The van der Waals surface area contributed by atoms with Crippen LogP contribution in [-0.2, 0) is 0 Å². The highest BCUT2D eigenvalue weighted by Crippen LogP contribution is 2.23. The highest BCUT2D eigenvalue weighted by atomic mass is 32.1. The van der Waals surface area contributed by atoms with E-state index in [1.54, 1.807) is 11.8 Å². The fourth-order valence-electron chi connectivity index (χ4n) is 3.23. The van der Waals surface area contributed by atoms with Gasteiger partial charge in [0.05, 0.1) is 5.56 Å².